The van der Waals surface area contributed by atoms with Gasteiger partial charge in [0.05, 0.1) is 23.3 Å². The summed E-state index contributed by atoms with van der Waals surface area (Å²) in [6.45, 7) is 5.90. The third-order valence-electron chi connectivity index (χ3n) is 3.94. The van der Waals surface area contributed by atoms with E-state index in [1.165, 1.54) is 0 Å². The molecule has 3 aromatic rings. The lowest BCUT2D eigenvalue weighted by Gasteiger charge is -2.28. The van der Waals surface area contributed by atoms with Crippen molar-refractivity contribution in [1.82, 2.24) is 29.7 Å². The second kappa shape index (κ2) is 5.34. The average molecular weight is 295 g/mol. The average Bonchev–Trinajstić information content (AvgIpc) is 2.91. The highest BCUT2D eigenvalue weighted by Crippen LogP contribution is 2.25. The summed E-state index contributed by atoms with van der Waals surface area (Å²) in [5, 5.41) is 3.35. The number of piperazine rings is 1. The molecule has 112 valence electrons. The van der Waals surface area contributed by atoms with Crippen LogP contribution in [-0.2, 0) is 0 Å². The van der Waals surface area contributed by atoms with Crippen molar-refractivity contribution in [3.05, 3.63) is 36.7 Å². The first kappa shape index (κ1) is 13.1. The first-order valence-corrected chi connectivity index (χ1v) is 7.40. The Morgan fingerprint density at radius 2 is 2.05 bits per heavy atom. The lowest BCUT2D eigenvalue weighted by Crippen LogP contribution is -2.43. The van der Waals surface area contributed by atoms with Crippen molar-refractivity contribution in [1.29, 1.82) is 0 Å². The Morgan fingerprint density at radius 1 is 1.18 bits per heavy atom. The van der Waals surface area contributed by atoms with Crippen LogP contribution in [0.15, 0.2) is 31.0 Å². The number of hydrogen-bond donors (Lipinski definition) is 1. The zero-order valence-corrected chi connectivity index (χ0v) is 12.4. The zero-order valence-electron chi connectivity index (χ0n) is 12.4. The minimum Gasteiger partial charge on any atom is -0.354 e. The number of imidazole rings is 1. The molecule has 1 saturated heterocycles. The van der Waals surface area contributed by atoms with Crippen LogP contribution in [0.5, 0.6) is 0 Å². The first-order valence-electron chi connectivity index (χ1n) is 7.40. The van der Waals surface area contributed by atoms with Gasteiger partial charge in [-0.1, -0.05) is 0 Å². The molecular formula is C15H17N7. The van der Waals surface area contributed by atoms with Crippen molar-refractivity contribution in [3.8, 4) is 11.4 Å². The minimum atomic E-state index is 0.831. The predicted octanol–water partition coefficient (Wildman–Crippen LogP) is 0.904. The Morgan fingerprint density at radius 3 is 2.91 bits per heavy atom. The number of fused-ring (bicyclic) bond motifs is 1. The van der Waals surface area contributed by atoms with E-state index >= 15 is 0 Å². The lowest BCUT2D eigenvalue weighted by molar-refractivity contribution is 0.584. The van der Waals surface area contributed by atoms with Crippen molar-refractivity contribution >= 4 is 11.5 Å². The van der Waals surface area contributed by atoms with Gasteiger partial charge in [0, 0.05) is 44.6 Å². The maximum Gasteiger partial charge on any atom is 0.156 e. The molecule has 22 heavy (non-hydrogen) atoms. The molecule has 0 bridgehead atoms. The van der Waals surface area contributed by atoms with E-state index in [-0.39, 0.29) is 0 Å². The number of anilines is 1. The van der Waals surface area contributed by atoms with Crippen LogP contribution in [0.3, 0.4) is 0 Å². The van der Waals surface area contributed by atoms with Crippen LogP contribution in [0.2, 0.25) is 0 Å². The van der Waals surface area contributed by atoms with Crippen LogP contribution in [0, 0.1) is 6.92 Å². The Balaban J connectivity index is 1.80. The number of aromatic nitrogens is 5. The molecule has 0 unspecified atom stereocenters. The molecule has 0 aromatic carbocycles. The number of aryl methyl sites for hydroxylation is 1. The molecule has 1 N–H and O–H groups in total. The van der Waals surface area contributed by atoms with Gasteiger partial charge in [0.1, 0.15) is 12.1 Å². The SMILES string of the molecule is Cc1nc2cnccn2c1-c1cc(N2CCNCC2)ncn1. The van der Waals surface area contributed by atoms with E-state index in [9.17, 15) is 0 Å². The highest BCUT2D eigenvalue weighted by Gasteiger charge is 2.16. The van der Waals surface area contributed by atoms with Gasteiger partial charge in [0.2, 0.25) is 0 Å². The third kappa shape index (κ3) is 2.19. The Labute approximate surface area is 128 Å². The third-order valence-corrected chi connectivity index (χ3v) is 3.94. The Hall–Kier alpha value is -2.54. The summed E-state index contributed by atoms with van der Waals surface area (Å²) < 4.78 is 2.02. The molecule has 1 aliphatic heterocycles. The van der Waals surface area contributed by atoms with Crippen LogP contribution in [0.25, 0.3) is 17.0 Å². The molecule has 3 aromatic heterocycles. The molecule has 0 saturated carbocycles. The quantitative estimate of drug-likeness (QED) is 0.757. The highest BCUT2D eigenvalue weighted by molar-refractivity contribution is 5.65. The van der Waals surface area contributed by atoms with Crippen molar-refractivity contribution in [2.75, 3.05) is 31.1 Å². The summed E-state index contributed by atoms with van der Waals surface area (Å²) in [6, 6.07) is 2.04. The maximum atomic E-state index is 4.55. The van der Waals surface area contributed by atoms with Crippen molar-refractivity contribution in [2.24, 2.45) is 0 Å². The van der Waals surface area contributed by atoms with Gasteiger partial charge in [-0.15, -0.1) is 0 Å². The van der Waals surface area contributed by atoms with Gasteiger partial charge in [-0.3, -0.25) is 9.38 Å². The molecular weight excluding hydrogens is 278 g/mol. The molecule has 0 amide bonds. The van der Waals surface area contributed by atoms with E-state index in [0.29, 0.717) is 0 Å². The molecule has 1 fully saturated rings. The zero-order chi connectivity index (χ0) is 14.9. The molecule has 4 rings (SSSR count). The molecule has 4 heterocycles. The fourth-order valence-electron chi connectivity index (χ4n) is 2.88. The molecule has 1 aliphatic rings. The molecule has 7 heteroatoms. The monoisotopic (exact) mass is 295 g/mol. The summed E-state index contributed by atoms with van der Waals surface area (Å²) >= 11 is 0. The normalized spacial score (nSPS) is 15.4. The standard InChI is InChI=1S/C15H17N7/c1-11-15(22-7-4-17-9-14(22)20-11)12-8-13(19-10-18-12)21-5-2-16-3-6-21/h4,7-10,16H,2-3,5-6H2,1H3. The summed E-state index contributed by atoms with van der Waals surface area (Å²) in [4.78, 5) is 19.8. The largest absolute Gasteiger partial charge is 0.354 e. The number of nitrogens with zero attached hydrogens (tertiary/aromatic N) is 6. The van der Waals surface area contributed by atoms with Gasteiger partial charge in [-0.25, -0.2) is 15.0 Å². The smallest absolute Gasteiger partial charge is 0.156 e. The Bertz CT molecular complexity index is 805. The van der Waals surface area contributed by atoms with Gasteiger partial charge < -0.3 is 10.2 Å². The van der Waals surface area contributed by atoms with Crippen LogP contribution in [0.1, 0.15) is 5.69 Å². The van der Waals surface area contributed by atoms with E-state index in [2.05, 4.69) is 30.2 Å². The maximum absolute atomic E-state index is 4.55. The second-order valence-corrected chi connectivity index (χ2v) is 5.35. The molecule has 0 spiro atoms. The minimum absolute atomic E-state index is 0.831. The summed E-state index contributed by atoms with van der Waals surface area (Å²) in [7, 11) is 0. The topological polar surface area (TPSA) is 71.2 Å². The van der Waals surface area contributed by atoms with Crippen LogP contribution >= 0.6 is 0 Å². The summed E-state index contributed by atoms with van der Waals surface area (Å²) in [6.07, 6.45) is 7.06. The Kier molecular flexibility index (Phi) is 3.19. The highest BCUT2D eigenvalue weighted by atomic mass is 15.2. The fraction of sp³-hybridized carbons (Fsp3) is 0.333. The molecule has 7 nitrogen and oxygen atoms in total. The van der Waals surface area contributed by atoms with E-state index < -0.39 is 0 Å². The second-order valence-electron chi connectivity index (χ2n) is 5.35. The van der Waals surface area contributed by atoms with E-state index in [1.807, 2.05) is 23.6 Å². The summed E-state index contributed by atoms with van der Waals surface area (Å²) in [5.74, 6) is 0.968. The van der Waals surface area contributed by atoms with Gasteiger partial charge in [-0.2, -0.15) is 0 Å². The van der Waals surface area contributed by atoms with Crippen molar-refractivity contribution in [3.63, 3.8) is 0 Å². The molecule has 0 atom stereocenters. The van der Waals surface area contributed by atoms with Crippen molar-refractivity contribution in [2.45, 2.75) is 6.92 Å². The van der Waals surface area contributed by atoms with Gasteiger partial charge in [-0.05, 0) is 6.92 Å². The van der Waals surface area contributed by atoms with Crippen LogP contribution in [0.4, 0.5) is 5.82 Å². The summed E-state index contributed by atoms with van der Waals surface area (Å²) in [5.41, 5.74) is 3.66. The van der Waals surface area contributed by atoms with Gasteiger partial charge in [0.15, 0.2) is 5.65 Å². The fourth-order valence-corrected chi connectivity index (χ4v) is 2.88. The predicted molar refractivity (Wildman–Crippen MR) is 83.8 cm³/mol. The number of rotatable bonds is 2. The number of hydrogen-bond acceptors (Lipinski definition) is 6. The van der Waals surface area contributed by atoms with Crippen molar-refractivity contribution < 1.29 is 0 Å². The van der Waals surface area contributed by atoms with Crippen LogP contribution in [-0.4, -0.2) is 50.5 Å². The van der Waals surface area contributed by atoms with Crippen LogP contribution < -0.4 is 10.2 Å². The lowest BCUT2D eigenvalue weighted by atomic mass is 10.2. The van der Waals surface area contributed by atoms with Gasteiger partial charge in [0.25, 0.3) is 0 Å². The molecule has 0 aliphatic carbocycles. The first-order chi connectivity index (χ1) is 10.8. The number of nitrogens with one attached hydrogen (secondary N) is 1. The van der Waals surface area contributed by atoms with E-state index in [1.54, 1.807) is 18.7 Å². The van der Waals surface area contributed by atoms with Gasteiger partial charge >= 0.3 is 0 Å². The molecule has 0 radical (unpaired) electrons. The van der Waals surface area contributed by atoms with E-state index in [0.717, 1.165) is 54.7 Å². The van der Waals surface area contributed by atoms with E-state index in [4.69, 9.17) is 0 Å².